The monoisotopic (exact) mass is 315 g/mol. The van der Waals surface area contributed by atoms with Gasteiger partial charge in [-0.2, -0.15) is 0 Å². The highest BCUT2D eigenvalue weighted by molar-refractivity contribution is 5.46. The summed E-state index contributed by atoms with van der Waals surface area (Å²) in [7, 11) is 0. The first kappa shape index (κ1) is 14.1. The molecule has 0 amide bonds. The smallest absolute Gasteiger partial charge is 0.276 e. The van der Waals surface area contributed by atoms with Gasteiger partial charge in [0.1, 0.15) is 23.3 Å². The van der Waals surface area contributed by atoms with E-state index in [0.717, 1.165) is 5.69 Å². The average molecular weight is 315 g/mol. The van der Waals surface area contributed by atoms with Crippen molar-refractivity contribution in [1.82, 2.24) is 14.0 Å². The SMILES string of the molecule is Cc1cn2c([C@@H]3C[C@@H]3F)ncc2c(=O)n1Cc1cccc(F)c1. The molecule has 1 saturated carbocycles. The lowest BCUT2D eigenvalue weighted by molar-refractivity contribution is 0.464. The Bertz CT molecular complexity index is 960. The number of aromatic nitrogens is 3. The van der Waals surface area contributed by atoms with E-state index in [1.807, 2.05) is 6.92 Å². The largest absolute Gasteiger partial charge is 0.305 e. The van der Waals surface area contributed by atoms with E-state index in [1.54, 1.807) is 27.3 Å². The maximum absolute atomic E-state index is 13.3. The predicted molar refractivity (Wildman–Crippen MR) is 81.9 cm³/mol. The highest BCUT2D eigenvalue weighted by Gasteiger charge is 2.42. The number of fused-ring (bicyclic) bond motifs is 1. The molecule has 1 fully saturated rings. The quantitative estimate of drug-likeness (QED) is 0.745. The number of aryl methyl sites for hydroxylation is 1. The van der Waals surface area contributed by atoms with E-state index in [-0.39, 0.29) is 23.8 Å². The summed E-state index contributed by atoms with van der Waals surface area (Å²) in [6.07, 6.45) is 2.88. The fraction of sp³-hybridized carbons (Fsp3) is 0.294. The minimum absolute atomic E-state index is 0.205. The molecule has 0 bridgehead atoms. The van der Waals surface area contributed by atoms with Crippen LogP contribution in [0.25, 0.3) is 5.52 Å². The van der Waals surface area contributed by atoms with Crippen LogP contribution in [0.15, 0.2) is 41.5 Å². The number of nitrogens with zero attached hydrogens (tertiary/aromatic N) is 3. The molecule has 0 N–H and O–H groups in total. The molecule has 2 atom stereocenters. The van der Waals surface area contributed by atoms with Crippen molar-refractivity contribution in [3.8, 4) is 0 Å². The van der Waals surface area contributed by atoms with Gasteiger partial charge in [0.05, 0.1) is 18.7 Å². The average Bonchev–Trinajstić information content (AvgIpc) is 3.07. The first-order chi connectivity index (χ1) is 11.0. The van der Waals surface area contributed by atoms with Crippen LogP contribution in [0.5, 0.6) is 0 Å². The van der Waals surface area contributed by atoms with Crippen LogP contribution in [0.1, 0.15) is 29.4 Å². The first-order valence-electron chi connectivity index (χ1n) is 7.50. The number of halogens is 2. The second kappa shape index (κ2) is 5.01. The van der Waals surface area contributed by atoms with Crippen molar-refractivity contribution in [1.29, 1.82) is 0 Å². The molecule has 2 aromatic heterocycles. The van der Waals surface area contributed by atoms with Crippen molar-refractivity contribution < 1.29 is 8.78 Å². The molecule has 1 aromatic carbocycles. The summed E-state index contributed by atoms with van der Waals surface area (Å²) in [5.41, 5.74) is 1.65. The molecular formula is C17H15F2N3O. The normalized spacial score (nSPS) is 20.1. The van der Waals surface area contributed by atoms with Crippen molar-refractivity contribution in [2.24, 2.45) is 0 Å². The maximum Gasteiger partial charge on any atom is 0.276 e. The lowest BCUT2D eigenvalue weighted by Gasteiger charge is -2.12. The fourth-order valence-electron chi connectivity index (χ4n) is 2.94. The molecule has 1 aliphatic rings. The van der Waals surface area contributed by atoms with Gasteiger partial charge in [-0.3, -0.25) is 9.20 Å². The second-order valence-electron chi connectivity index (χ2n) is 6.02. The van der Waals surface area contributed by atoms with Crippen molar-refractivity contribution in [2.75, 3.05) is 0 Å². The van der Waals surface area contributed by atoms with Gasteiger partial charge in [0, 0.05) is 11.9 Å². The van der Waals surface area contributed by atoms with Gasteiger partial charge in [-0.15, -0.1) is 0 Å². The summed E-state index contributed by atoms with van der Waals surface area (Å²) >= 11 is 0. The molecule has 1 aliphatic carbocycles. The van der Waals surface area contributed by atoms with Crippen molar-refractivity contribution in [2.45, 2.75) is 32.0 Å². The number of imidazole rings is 1. The Morgan fingerprint density at radius 2 is 2.17 bits per heavy atom. The van der Waals surface area contributed by atoms with E-state index in [2.05, 4.69) is 4.98 Å². The Labute approximate surface area is 131 Å². The Morgan fingerprint density at radius 1 is 1.39 bits per heavy atom. The Kier molecular flexibility index (Phi) is 3.07. The maximum atomic E-state index is 13.3. The van der Waals surface area contributed by atoms with Gasteiger partial charge in [0.25, 0.3) is 5.56 Å². The third kappa shape index (κ3) is 2.34. The van der Waals surface area contributed by atoms with Crippen LogP contribution >= 0.6 is 0 Å². The zero-order valence-corrected chi connectivity index (χ0v) is 12.5. The van der Waals surface area contributed by atoms with Crippen LogP contribution in [0.3, 0.4) is 0 Å². The minimum Gasteiger partial charge on any atom is -0.305 e. The molecule has 3 aromatic rings. The third-order valence-electron chi connectivity index (χ3n) is 4.31. The number of benzene rings is 1. The van der Waals surface area contributed by atoms with Gasteiger partial charge < -0.3 is 4.57 Å². The van der Waals surface area contributed by atoms with E-state index in [9.17, 15) is 13.6 Å². The van der Waals surface area contributed by atoms with Crippen LogP contribution in [0, 0.1) is 12.7 Å². The molecule has 6 heteroatoms. The molecule has 0 radical (unpaired) electrons. The van der Waals surface area contributed by atoms with E-state index < -0.39 is 6.17 Å². The summed E-state index contributed by atoms with van der Waals surface area (Å²) < 4.78 is 29.9. The Hall–Kier alpha value is -2.50. The van der Waals surface area contributed by atoms with Gasteiger partial charge in [0.2, 0.25) is 0 Å². The predicted octanol–water partition coefficient (Wildman–Crippen LogP) is 2.82. The summed E-state index contributed by atoms with van der Waals surface area (Å²) in [4.78, 5) is 16.9. The molecule has 118 valence electrons. The van der Waals surface area contributed by atoms with E-state index in [1.165, 1.54) is 18.3 Å². The Morgan fingerprint density at radius 3 is 2.87 bits per heavy atom. The van der Waals surface area contributed by atoms with Crippen LogP contribution < -0.4 is 5.56 Å². The van der Waals surface area contributed by atoms with Crippen LogP contribution in [0.2, 0.25) is 0 Å². The van der Waals surface area contributed by atoms with Gasteiger partial charge in [-0.25, -0.2) is 13.8 Å². The lowest BCUT2D eigenvalue weighted by atomic mass is 10.2. The second-order valence-corrected chi connectivity index (χ2v) is 6.02. The van der Waals surface area contributed by atoms with E-state index in [4.69, 9.17) is 0 Å². The molecule has 4 rings (SSSR count). The molecule has 4 nitrogen and oxygen atoms in total. The summed E-state index contributed by atoms with van der Waals surface area (Å²) in [5.74, 6) is 0.0598. The van der Waals surface area contributed by atoms with Gasteiger partial charge in [0.15, 0.2) is 0 Å². The van der Waals surface area contributed by atoms with Gasteiger partial charge in [-0.1, -0.05) is 12.1 Å². The highest BCUT2D eigenvalue weighted by Crippen LogP contribution is 2.42. The number of alkyl halides is 1. The van der Waals surface area contributed by atoms with Crippen LogP contribution in [-0.2, 0) is 6.54 Å². The fourth-order valence-corrected chi connectivity index (χ4v) is 2.94. The number of rotatable bonds is 3. The van der Waals surface area contributed by atoms with E-state index in [0.29, 0.717) is 23.3 Å². The van der Waals surface area contributed by atoms with Crippen molar-refractivity contribution in [3.05, 3.63) is 69.9 Å². The van der Waals surface area contributed by atoms with E-state index >= 15 is 0 Å². The molecule has 23 heavy (non-hydrogen) atoms. The molecule has 0 saturated heterocycles. The Balaban J connectivity index is 1.80. The number of hydrogen-bond acceptors (Lipinski definition) is 2. The zero-order valence-electron chi connectivity index (χ0n) is 12.5. The molecule has 0 spiro atoms. The van der Waals surface area contributed by atoms with Crippen molar-refractivity contribution in [3.63, 3.8) is 0 Å². The van der Waals surface area contributed by atoms with Crippen molar-refractivity contribution >= 4 is 5.52 Å². The standard InChI is InChI=1S/C17H15F2N3O/c1-10-8-22-15(7-20-16(22)13-6-14(13)19)17(23)21(10)9-11-3-2-4-12(18)5-11/h2-5,7-8,13-14H,6,9H2,1H3/t13-,14+/m1/s1. The number of hydrogen-bond donors (Lipinski definition) is 0. The molecule has 2 heterocycles. The third-order valence-corrected chi connectivity index (χ3v) is 4.31. The van der Waals surface area contributed by atoms with Crippen LogP contribution in [0.4, 0.5) is 8.78 Å². The van der Waals surface area contributed by atoms with Gasteiger partial charge in [-0.05, 0) is 31.0 Å². The minimum atomic E-state index is -0.865. The summed E-state index contributed by atoms with van der Waals surface area (Å²) in [6.45, 7) is 2.10. The topological polar surface area (TPSA) is 39.3 Å². The molecular weight excluding hydrogens is 300 g/mol. The zero-order chi connectivity index (χ0) is 16.1. The molecule has 0 aliphatic heterocycles. The summed E-state index contributed by atoms with van der Waals surface area (Å²) in [5, 5.41) is 0. The first-order valence-corrected chi connectivity index (χ1v) is 7.50. The summed E-state index contributed by atoms with van der Waals surface area (Å²) in [6, 6.07) is 6.18. The highest BCUT2D eigenvalue weighted by atomic mass is 19.1. The molecule has 0 unspecified atom stereocenters. The van der Waals surface area contributed by atoms with Crippen LogP contribution in [-0.4, -0.2) is 20.1 Å². The van der Waals surface area contributed by atoms with Gasteiger partial charge >= 0.3 is 0 Å². The lowest BCUT2D eigenvalue weighted by Crippen LogP contribution is -2.25.